The highest BCUT2D eigenvalue weighted by Gasteiger charge is 2.25. The smallest absolute Gasteiger partial charge is 0.228 e. The Morgan fingerprint density at radius 1 is 1.48 bits per heavy atom. The summed E-state index contributed by atoms with van der Waals surface area (Å²) in [5, 5.41) is 11.2. The molecule has 0 amide bonds. The second-order valence-corrected chi connectivity index (χ2v) is 6.54. The number of anilines is 1. The quantitative estimate of drug-likeness (QED) is 0.354. The van der Waals surface area contributed by atoms with E-state index >= 15 is 0 Å². The minimum absolute atomic E-state index is 0. The van der Waals surface area contributed by atoms with Crippen LogP contribution < -0.4 is 15.5 Å². The van der Waals surface area contributed by atoms with Crippen molar-refractivity contribution < 1.29 is 4.52 Å². The van der Waals surface area contributed by atoms with E-state index in [9.17, 15) is 0 Å². The monoisotopic (exact) mass is 505 g/mol. The number of hydrogen-bond donors (Lipinski definition) is 2. The topological polar surface area (TPSA) is 91.5 Å². The summed E-state index contributed by atoms with van der Waals surface area (Å²) in [6.45, 7) is 6.99. The Morgan fingerprint density at radius 3 is 3.04 bits per heavy atom. The van der Waals surface area contributed by atoms with E-state index in [1.54, 1.807) is 6.20 Å². The molecule has 2 aromatic heterocycles. The number of aryl methyl sites for hydroxylation is 1. The van der Waals surface area contributed by atoms with E-state index in [0.29, 0.717) is 29.7 Å². The van der Waals surface area contributed by atoms with E-state index in [1.807, 2.05) is 26.0 Å². The molecule has 8 nitrogen and oxygen atoms in total. The number of aliphatic imine (C=N–C) groups is 1. The summed E-state index contributed by atoms with van der Waals surface area (Å²) in [6, 6.07) is 4.00. The van der Waals surface area contributed by atoms with Gasteiger partial charge in [0.1, 0.15) is 5.82 Å². The summed E-state index contributed by atoms with van der Waals surface area (Å²) in [4.78, 5) is 15.4. The van der Waals surface area contributed by atoms with Crippen molar-refractivity contribution in [2.45, 2.75) is 32.7 Å². The molecule has 2 N–H and O–H groups in total. The first kappa shape index (κ1) is 21.7. The van der Waals surface area contributed by atoms with Gasteiger partial charge in [0.25, 0.3) is 0 Å². The van der Waals surface area contributed by atoms with Gasteiger partial charge in [0.2, 0.25) is 5.89 Å². The van der Waals surface area contributed by atoms with Crippen molar-refractivity contribution in [3.8, 4) is 0 Å². The SMILES string of the molecule is CCNC(=NCCc1nc(C)no1)NC1CCN(c2ncccc2Cl)C1.I. The van der Waals surface area contributed by atoms with Crippen LogP contribution in [-0.2, 0) is 6.42 Å². The van der Waals surface area contributed by atoms with Gasteiger partial charge < -0.3 is 20.1 Å². The molecule has 0 aromatic carbocycles. The van der Waals surface area contributed by atoms with E-state index in [2.05, 4.69) is 35.7 Å². The van der Waals surface area contributed by atoms with Gasteiger partial charge in [-0.3, -0.25) is 4.99 Å². The lowest BCUT2D eigenvalue weighted by atomic mass is 10.3. The van der Waals surface area contributed by atoms with Gasteiger partial charge in [-0.05, 0) is 32.4 Å². The van der Waals surface area contributed by atoms with Gasteiger partial charge in [0.05, 0.1) is 11.6 Å². The highest BCUT2D eigenvalue weighted by Crippen LogP contribution is 2.25. The maximum Gasteiger partial charge on any atom is 0.228 e. The summed E-state index contributed by atoms with van der Waals surface area (Å²) < 4.78 is 5.12. The number of hydrogen-bond acceptors (Lipinski definition) is 6. The van der Waals surface area contributed by atoms with Crippen molar-refractivity contribution >= 4 is 47.4 Å². The van der Waals surface area contributed by atoms with Gasteiger partial charge in [-0.2, -0.15) is 4.98 Å². The van der Waals surface area contributed by atoms with E-state index in [-0.39, 0.29) is 30.0 Å². The number of guanidine groups is 1. The largest absolute Gasteiger partial charge is 0.357 e. The van der Waals surface area contributed by atoms with Gasteiger partial charge >= 0.3 is 0 Å². The zero-order chi connectivity index (χ0) is 18.4. The van der Waals surface area contributed by atoms with Crippen molar-refractivity contribution in [1.82, 2.24) is 25.8 Å². The van der Waals surface area contributed by atoms with E-state index in [4.69, 9.17) is 16.1 Å². The number of rotatable bonds is 6. The fourth-order valence-electron chi connectivity index (χ4n) is 2.90. The average Bonchev–Trinajstić information content (AvgIpc) is 3.25. The molecule has 27 heavy (non-hydrogen) atoms. The number of pyridine rings is 1. The highest BCUT2D eigenvalue weighted by molar-refractivity contribution is 14.0. The maximum absolute atomic E-state index is 6.26. The van der Waals surface area contributed by atoms with Crippen LogP contribution in [0, 0.1) is 6.92 Å². The molecule has 0 aliphatic carbocycles. The molecule has 10 heteroatoms. The third-order valence-electron chi connectivity index (χ3n) is 4.08. The minimum Gasteiger partial charge on any atom is -0.357 e. The Morgan fingerprint density at radius 2 is 2.33 bits per heavy atom. The van der Waals surface area contributed by atoms with Crippen molar-refractivity contribution in [2.24, 2.45) is 4.99 Å². The van der Waals surface area contributed by atoms with Gasteiger partial charge in [0.15, 0.2) is 11.8 Å². The molecule has 1 unspecified atom stereocenters. The third kappa shape index (κ3) is 6.20. The Kier molecular flexibility index (Phi) is 8.55. The number of aromatic nitrogens is 3. The normalized spacial score (nSPS) is 16.9. The fourth-order valence-corrected chi connectivity index (χ4v) is 3.14. The van der Waals surface area contributed by atoms with Crippen molar-refractivity contribution in [3.63, 3.8) is 0 Å². The predicted molar refractivity (Wildman–Crippen MR) is 117 cm³/mol. The lowest BCUT2D eigenvalue weighted by Crippen LogP contribution is -2.44. The Hall–Kier alpha value is -1.62. The van der Waals surface area contributed by atoms with Crippen LogP contribution in [0.2, 0.25) is 5.02 Å². The second-order valence-electron chi connectivity index (χ2n) is 6.13. The molecule has 2 aromatic rings. The summed E-state index contributed by atoms with van der Waals surface area (Å²) >= 11 is 6.26. The van der Waals surface area contributed by atoms with Gasteiger partial charge in [-0.1, -0.05) is 16.8 Å². The molecule has 0 radical (unpaired) electrons. The molecule has 1 saturated heterocycles. The first-order valence-corrected chi connectivity index (χ1v) is 9.23. The number of nitrogens with one attached hydrogen (secondary N) is 2. The summed E-state index contributed by atoms with van der Waals surface area (Å²) in [5.41, 5.74) is 0. The molecular weight excluding hydrogens is 481 g/mol. The van der Waals surface area contributed by atoms with Crippen LogP contribution in [0.3, 0.4) is 0 Å². The Labute approximate surface area is 181 Å². The van der Waals surface area contributed by atoms with Gasteiger partial charge in [-0.25, -0.2) is 4.98 Å². The molecule has 1 aliphatic heterocycles. The summed E-state index contributed by atoms with van der Waals surface area (Å²) in [6.07, 6.45) is 3.39. The van der Waals surface area contributed by atoms with Crippen LogP contribution in [0.15, 0.2) is 27.8 Å². The van der Waals surface area contributed by atoms with Crippen molar-refractivity contribution in [3.05, 3.63) is 35.1 Å². The van der Waals surface area contributed by atoms with Crippen LogP contribution in [0.1, 0.15) is 25.1 Å². The molecule has 0 bridgehead atoms. The molecule has 148 valence electrons. The maximum atomic E-state index is 6.26. The predicted octanol–water partition coefficient (Wildman–Crippen LogP) is 2.42. The Bertz CT molecular complexity index is 754. The summed E-state index contributed by atoms with van der Waals surface area (Å²) in [7, 11) is 0. The zero-order valence-electron chi connectivity index (χ0n) is 15.5. The van der Waals surface area contributed by atoms with Crippen LogP contribution in [0.25, 0.3) is 0 Å². The molecule has 1 atom stereocenters. The molecule has 3 rings (SSSR count). The minimum atomic E-state index is 0. The molecular formula is C17H25ClIN7O. The standard InChI is InChI=1S/C17H24ClN7O.HI/c1-3-19-17(21-9-6-15-22-12(2)24-26-15)23-13-7-10-25(11-13)16-14(18)5-4-8-20-16;/h4-5,8,13H,3,6-7,9-11H2,1-2H3,(H2,19,21,23);1H. The van der Waals surface area contributed by atoms with E-state index < -0.39 is 0 Å². The van der Waals surface area contributed by atoms with Crippen LogP contribution >= 0.6 is 35.6 Å². The van der Waals surface area contributed by atoms with Gasteiger partial charge in [-0.15, -0.1) is 24.0 Å². The van der Waals surface area contributed by atoms with Gasteiger partial charge in [0, 0.05) is 38.3 Å². The second kappa shape index (κ2) is 10.6. The molecule has 0 spiro atoms. The zero-order valence-corrected chi connectivity index (χ0v) is 18.6. The van der Waals surface area contributed by atoms with E-state index in [0.717, 1.165) is 37.8 Å². The lowest BCUT2D eigenvalue weighted by molar-refractivity contribution is 0.376. The first-order chi connectivity index (χ1) is 12.7. The van der Waals surface area contributed by atoms with Crippen molar-refractivity contribution in [1.29, 1.82) is 0 Å². The number of nitrogens with zero attached hydrogens (tertiary/aromatic N) is 5. The lowest BCUT2D eigenvalue weighted by Gasteiger charge is -2.20. The average molecular weight is 506 g/mol. The fraction of sp³-hybridized carbons (Fsp3) is 0.529. The van der Waals surface area contributed by atoms with E-state index in [1.165, 1.54) is 0 Å². The molecule has 3 heterocycles. The third-order valence-corrected chi connectivity index (χ3v) is 4.37. The van der Waals surface area contributed by atoms with Crippen molar-refractivity contribution in [2.75, 3.05) is 31.1 Å². The van der Waals surface area contributed by atoms with Crippen LogP contribution in [0.5, 0.6) is 0 Å². The Balaban J connectivity index is 0.00000261. The molecule has 1 fully saturated rings. The van der Waals surface area contributed by atoms with Crippen LogP contribution in [0.4, 0.5) is 5.82 Å². The molecule has 1 aliphatic rings. The van der Waals surface area contributed by atoms with Crippen LogP contribution in [-0.4, -0.2) is 53.3 Å². The first-order valence-electron chi connectivity index (χ1n) is 8.85. The highest BCUT2D eigenvalue weighted by atomic mass is 127. The summed E-state index contributed by atoms with van der Waals surface area (Å²) in [5.74, 6) is 2.89. The molecule has 0 saturated carbocycles. The number of halogens is 2.